The third-order valence-corrected chi connectivity index (χ3v) is 7.09. The molecule has 1 aliphatic heterocycles. The highest BCUT2D eigenvalue weighted by atomic mass is 16.1. The Morgan fingerprint density at radius 1 is 0.938 bits per heavy atom. The third-order valence-electron chi connectivity index (χ3n) is 7.09. The number of benzene rings is 3. The number of rotatable bonds is 4. The zero-order valence-corrected chi connectivity index (χ0v) is 19.5. The van der Waals surface area contributed by atoms with E-state index in [1.54, 1.807) is 0 Å². The van der Waals surface area contributed by atoms with Crippen molar-refractivity contribution in [2.75, 3.05) is 23.3 Å². The fourth-order valence-electron chi connectivity index (χ4n) is 5.55. The van der Waals surface area contributed by atoms with E-state index in [0.717, 1.165) is 36.3 Å². The molecular formula is C29H32N2O. The molecule has 0 bridgehead atoms. The minimum absolute atomic E-state index is 0.0291. The summed E-state index contributed by atoms with van der Waals surface area (Å²) in [5.41, 5.74) is 6.89. The first-order valence-corrected chi connectivity index (χ1v) is 11.8. The highest BCUT2D eigenvalue weighted by Gasteiger charge is 2.40. The number of anilines is 2. The van der Waals surface area contributed by atoms with Crippen LogP contribution in [0.25, 0.3) is 16.3 Å². The fourth-order valence-corrected chi connectivity index (χ4v) is 5.55. The van der Waals surface area contributed by atoms with Gasteiger partial charge >= 0.3 is 0 Å². The number of allylic oxidation sites excluding steroid dienone is 1. The molecule has 3 heteroatoms. The van der Waals surface area contributed by atoms with E-state index in [0.29, 0.717) is 6.42 Å². The van der Waals surface area contributed by atoms with E-state index >= 15 is 0 Å². The van der Waals surface area contributed by atoms with E-state index in [-0.39, 0.29) is 17.2 Å². The number of nitrogens with one attached hydrogen (secondary N) is 1. The summed E-state index contributed by atoms with van der Waals surface area (Å²) in [4.78, 5) is 15.9. The van der Waals surface area contributed by atoms with Gasteiger partial charge in [-0.3, -0.25) is 4.79 Å². The molecular weight excluding hydrogens is 392 g/mol. The van der Waals surface area contributed by atoms with Crippen molar-refractivity contribution in [2.24, 2.45) is 5.41 Å². The van der Waals surface area contributed by atoms with Gasteiger partial charge in [-0.1, -0.05) is 56.3 Å². The van der Waals surface area contributed by atoms with E-state index in [4.69, 9.17) is 0 Å². The highest BCUT2D eigenvalue weighted by molar-refractivity contribution is 6.12. The van der Waals surface area contributed by atoms with Crippen LogP contribution in [0.2, 0.25) is 0 Å². The van der Waals surface area contributed by atoms with Gasteiger partial charge in [0, 0.05) is 42.0 Å². The molecule has 1 unspecified atom stereocenters. The van der Waals surface area contributed by atoms with Crippen LogP contribution in [0, 0.1) is 5.41 Å². The largest absolute Gasteiger partial charge is 0.373 e. The maximum Gasteiger partial charge on any atom is 0.162 e. The van der Waals surface area contributed by atoms with Crippen LogP contribution in [0.5, 0.6) is 0 Å². The van der Waals surface area contributed by atoms with Gasteiger partial charge in [-0.05, 0) is 65.8 Å². The smallest absolute Gasteiger partial charge is 0.162 e. The number of hydrogen-bond acceptors (Lipinski definition) is 3. The molecule has 164 valence electrons. The Balaban J connectivity index is 1.67. The monoisotopic (exact) mass is 424 g/mol. The van der Waals surface area contributed by atoms with E-state index in [9.17, 15) is 4.79 Å². The molecule has 1 aliphatic carbocycles. The first-order valence-electron chi connectivity index (χ1n) is 11.8. The minimum Gasteiger partial charge on any atom is -0.373 e. The predicted molar refractivity (Wildman–Crippen MR) is 135 cm³/mol. The van der Waals surface area contributed by atoms with Crippen LogP contribution < -0.4 is 10.2 Å². The number of carbonyl (C=O) groups excluding carboxylic acids is 1. The van der Waals surface area contributed by atoms with Gasteiger partial charge in [-0.2, -0.15) is 0 Å². The average molecular weight is 425 g/mol. The molecule has 0 radical (unpaired) electrons. The average Bonchev–Trinajstić information content (AvgIpc) is 2.78. The lowest BCUT2D eigenvalue weighted by atomic mass is 9.68. The summed E-state index contributed by atoms with van der Waals surface area (Å²) in [5.74, 6) is 0.278. The van der Waals surface area contributed by atoms with Gasteiger partial charge in [0.15, 0.2) is 5.78 Å². The summed E-state index contributed by atoms with van der Waals surface area (Å²) in [6, 6.07) is 21.5. The molecule has 0 saturated carbocycles. The van der Waals surface area contributed by atoms with Crippen molar-refractivity contribution in [3.63, 3.8) is 0 Å². The van der Waals surface area contributed by atoms with Crippen molar-refractivity contribution in [3.05, 3.63) is 77.4 Å². The highest BCUT2D eigenvalue weighted by Crippen LogP contribution is 2.52. The molecule has 5 rings (SSSR count). The van der Waals surface area contributed by atoms with Crippen molar-refractivity contribution in [2.45, 2.75) is 46.6 Å². The Bertz CT molecular complexity index is 1220. The third kappa shape index (κ3) is 3.40. The lowest BCUT2D eigenvalue weighted by molar-refractivity contribution is -0.118. The van der Waals surface area contributed by atoms with Crippen LogP contribution in [0.1, 0.15) is 57.7 Å². The van der Waals surface area contributed by atoms with Crippen molar-refractivity contribution in [1.82, 2.24) is 0 Å². The summed E-state index contributed by atoms with van der Waals surface area (Å²) >= 11 is 0. The molecule has 0 amide bonds. The van der Waals surface area contributed by atoms with Gasteiger partial charge < -0.3 is 10.2 Å². The zero-order chi connectivity index (χ0) is 22.5. The number of nitrogens with zero attached hydrogens (tertiary/aromatic N) is 1. The molecule has 0 spiro atoms. The Kier molecular flexibility index (Phi) is 5.08. The van der Waals surface area contributed by atoms with Crippen LogP contribution in [-0.4, -0.2) is 18.9 Å². The van der Waals surface area contributed by atoms with Crippen LogP contribution in [0.4, 0.5) is 11.4 Å². The van der Waals surface area contributed by atoms with Crippen molar-refractivity contribution >= 4 is 33.5 Å². The molecule has 1 heterocycles. The maximum absolute atomic E-state index is 13.5. The van der Waals surface area contributed by atoms with Gasteiger partial charge in [0.25, 0.3) is 0 Å². The molecule has 1 atom stereocenters. The Labute approximate surface area is 191 Å². The fraction of sp³-hybridized carbons (Fsp3) is 0.345. The van der Waals surface area contributed by atoms with Gasteiger partial charge in [0.1, 0.15) is 0 Å². The maximum atomic E-state index is 13.5. The Morgan fingerprint density at radius 2 is 1.66 bits per heavy atom. The number of carbonyl (C=O) groups is 1. The standard InChI is InChI=1S/C29H32N2O/c1-5-31(6-2)21-14-11-20(12-15-21)28-27-23(17-29(3,4)18-25(27)32)26-22-10-8-7-9-19(22)13-16-24(26)30-28/h7-16,28,30H,5-6,17-18H2,1-4H3. The molecule has 0 fully saturated rings. The SMILES string of the molecule is CCN(CC)c1ccc(C2Nc3ccc4ccccc4c3C3=C2C(=O)CC(C)(C)C3)cc1. The molecule has 3 nitrogen and oxygen atoms in total. The van der Waals surface area contributed by atoms with Gasteiger partial charge in [0.05, 0.1) is 6.04 Å². The van der Waals surface area contributed by atoms with Crippen LogP contribution >= 0.6 is 0 Å². The normalized spacial score (nSPS) is 19.4. The summed E-state index contributed by atoms with van der Waals surface area (Å²) in [5, 5.41) is 6.19. The molecule has 0 aromatic heterocycles. The topological polar surface area (TPSA) is 32.3 Å². The summed E-state index contributed by atoms with van der Waals surface area (Å²) in [7, 11) is 0. The van der Waals surface area contributed by atoms with Gasteiger partial charge in [0.2, 0.25) is 0 Å². The van der Waals surface area contributed by atoms with Crippen LogP contribution in [-0.2, 0) is 4.79 Å². The second-order valence-electron chi connectivity index (χ2n) is 9.88. The van der Waals surface area contributed by atoms with Crippen LogP contribution in [0.3, 0.4) is 0 Å². The molecule has 2 aliphatic rings. The Morgan fingerprint density at radius 3 is 2.38 bits per heavy atom. The number of hydrogen-bond donors (Lipinski definition) is 1. The van der Waals surface area contributed by atoms with Crippen molar-refractivity contribution in [1.29, 1.82) is 0 Å². The quantitative estimate of drug-likeness (QED) is 0.489. The first-order chi connectivity index (χ1) is 15.4. The number of fused-ring (bicyclic) bond motifs is 4. The van der Waals surface area contributed by atoms with E-state index in [1.165, 1.54) is 27.6 Å². The van der Waals surface area contributed by atoms with E-state index in [1.807, 2.05) is 0 Å². The van der Waals surface area contributed by atoms with Crippen molar-refractivity contribution in [3.8, 4) is 0 Å². The Hall–Kier alpha value is -3.07. The first kappa shape index (κ1) is 20.8. The molecule has 3 aromatic carbocycles. The number of Topliss-reactive ketones (excluding diaryl/α,β-unsaturated/α-hetero) is 1. The van der Waals surface area contributed by atoms with E-state index in [2.05, 4.69) is 98.6 Å². The minimum atomic E-state index is -0.104. The molecule has 0 saturated heterocycles. The zero-order valence-electron chi connectivity index (χ0n) is 19.5. The second kappa shape index (κ2) is 7.81. The summed E-state index contributed by atoms with van der Waals surface area (Å²) in [6.07, 6.45) is 1.52. The molecule has 3 aromatic rings. The van der Waals surface area contributed by atoms with Crippen molar-refractivity contribution < 1.29 is 4.79 Å². The molecule has 32 heavy (non-hydrogen) atoms. The number of ketones is 1. The summed E-state index contributed by atoms with van der Waals surface area (Å²) < 4.78 is 0. The molecule has 1 N–H and O–H groups in total. The van der Waals surface area contributed by atoms with Gasteiger partial charge in [-0.25, -0.2) is 0 Å². The lowest BCUT2D eigenvalue weighted by Gasteiger charge is -2.40. The van der Waals surface area contributed by atoms with Gasteiger partial charge in [-0.15, -0.1) is 0 Å². The second-order valence-corrected chi connectivity index (χ2v) is 9.88. The summed E-state index contributed by atoms with van der Waals surface area (Å²) in [6.45, 7) is 10.8. The van der Waals surface area contributed by atoms with E-state index < -0.39 is 0 Å². The lowest BCUT2D eigenvalue weighted by Crippen LogP contribution is -2.33. The predicted octanol–water partition coefficient (Wildman–Crippen LogP) is 7.00. The van der Waals surface area contributed by atoms with Crippen LogP contribution in [0.15, 0.2) is 66.2 Å².